The van der Waals surface area contributed by atoms with Crippen molar-refractivity contribution in [3.05, 3.63) is 35.9 Å². The number of amides is 1. The third-order valence-corrected chi connectivity index (χ3v) is 2.35. The number of alkyl halides is 3. The average molecular weight is 259 g/mol. The van der Waals surface area contributed by atoms with Crippen molar-refractivity contribution in [2.75, 3.05) is 6.54 Å². The second kappa shape index (κ2) is 5.66. The van der Waals surface area contributed by atoms with Crippen LogP contribution in [0.1, 0.15) is 18.4 Å². The van der Waals surface area contributed by atoms with Gasteiger partial charge in [-0.1, -0.05) is 30.3 Å². The molecule has 1 aromatic carbocycles. The van der Waals surface area contributed by atoms with Crippen molar-refractivity contribution in [3.63, 3.8) is 0 Å². The number of Topliss-reactive ketones (excluding diaryl/α,β-unsaturated/α-hetero) is 1. The molecule has 1 N–H and O–H groups in total. The lowest BCUT2D eigenvalue weighted by atomic mass is 9.94. The summed E-state index contributed by atoms with van der Waals surface area (Å²) in [6, 6.07) is 7.57. The van der Waals surface area contributed by atoms with E-state index >= 15 is 0 Å². The van der Waals surface area contributed by atoms with E-state index < -0.39 is 23.8 Å². The Morgan fingerprint density at radius 2 is 1.78 bits per heavy atom. The molecular weight excluding hydrogens is 247 g/mol. The minimum Gasteiger partial charge on any atom is -0.355 e. The molecule has 0 aliphatic carbocycles. The molecule has 1 rings (SSSR count). The van der Waals surface area contributed by atoms with E-state index in [0.29, 0.717) is 0 Å². The van der Waals surface area contributed by atoms with Crippen molar-refractivity contribution in [2.45, 2.75) is 19.0 Å². The van der Waals surface area contributed by atoms with Gasteiger partial charge in [0.15, 0.2) is 0 Å². The van der Waals surface area contributed by atoms with Gasteiger partial charge in [0.05, 0.1) is 5.92 Å². The molecule has 98 valence electrons. The summed E-state index contributed by atoms with van der Waals surface area (Å²) in [5.41, 5.74) is 0.230. The van der Waals surface area contributed by atoms with Crippen LogP contribution in [0, 0.1) is 0 Å². The standard InChI is InChI=1S/C12H12F3NO2/c1-8(17)16-7-10(11(18)12(13,14)15)9-5-3-2-4-6-9/h2-6,10H,7H2,1H3,(H,16,17). The quantitative estimate of drug-likeness (QED) is 0.899. The summed E-state index contributed by atoms with van der Waals surface area (Å²) in [6.45, 7) is 0.817. The van der Waals surface area contributed by atoms with Gasteiger partial charge < -0.3 is 5.32 Å². The fraction of sp³-hybridized carbons (Fsp3) is 0.333. The van der Waals surface area contributed by atoms with Gasteiger partial charge >= 0.3 is 6.18 Å². The Balaban J connectivity index is 2.96. The molecule has 0 spiro atoms. The van der Waals surface area contributed by atoms with Crippen molar-refractivity contribution in [3.8, 4) is 0 Å². The van der Waals surface area contributed by atoms with Gasteiger partial charge in [-0.05, 0) is 5.56 Å². The zero-order valence-corrected chi connectivity index (χ0v) is 9.62. The molecule has 0 aromatic heterocycles. The SMILES string of the molecule is CC(=O)NCC(C(=O)C(F)(F)F)c1ccccc1. The molecule has 0 aliphatic rings. The van der Waals surface area contributed by atoms with E-state index in [2.05, 4.69) is 5.32 Å². The van der Waals surface area contributed by atoms with Crippen LogP contribution in [0.2, 0.25) is 0 Å². The number of benzene rings is 1. The summed E-state index contributed by atoms with van der Waals surface area (Å²) in [7, 11) is 0. The van der Waals surface area contributed by atoms with E-state index in [-0.39, 0.29) is 12.1 Å². The molecule has 0 saturated carbocycles. The average Bonchev–Trinajstić information content (AvgIpc) is 2.29. The number of rotatable bonds is 4. The summed E-state index contributed by atoms with van der Waals surface area (Å²) in [5.74, 6) is -3.75. The van der Waals surface area contributed by atoms with E-state index in [1.807, 2.05) is 0 Å². The normalized spacial score (nSPS) is 12.9. The Morgan fingerprint density at radius 1 is 1.22 bits per heavy atom. The molecule has 0 aliphatic heterocycles. The smallest absolute Gasteiger partial charge is 0.355 e. The second-order valence-electron chi connectivity index (χ2n) is 3.76. The van der Waals surface area contributed by atoms with Gasteiger partial charge in [-0.15, -0.1) is 0 Å². The molecule has 0 fully saturated rings. The lowest BCUT2D eigenvalue weighted by Gasteiger charge is -2.18. The Bertz CT molecular complexity index is 429. The van der Waals surface area contributed by atoms with E-state index in [0.717, 1.165) is 0 Å². The van der Waals surface area contributed by atoms with Crippen LogP contribution in [0.4, 0.5) is 13.2 Å². The van der Waals surface area contributed by atoms with E-state index in [9.17, 15) is 22.8 Å². The first-order valence-corrected chi connectivity index (χ1v) is 5.23. The zero-order valence-electron chi connectivity index (χ0n) is 9.62. The Kier molecular flexibility index (Phi) is 4.47. The van der Waals surface area contributed by atoms with Gasteiger partial charge in [-0.25, -0.2) is 0 Å². The van der Waals surface area contributed by atoms with Crippen LogP contribution < -0.4 is 5.32 Å². The molecule has 1 amide bonds. The first-order valence-electron chi connectivity index (χ1n) is 5.23. The lowest BCUT2D eigenvalue weighted by Crippen LogP contribution is -2.36. The molecule has 18 heavy (non-hydrogen) atoms. The highest BCUT2D eigenvalue weighted by Gasteiger charge is 2.43. The lowest BCUT2D eigenvalue weighted by molar-refractivity contribution is -0.172. The van der Waals surface area contributed by atoms with Crippen LogP contribution >= 0.6 is 0 Å². The number of nitrogens with one attached hydrogen (secondary N) is 1. The maximum absolute atomic E-state index is 12.4. The highest BCUT2D eigenvalue weighted by atomic mass is 19.4. The predicted octanol–water partition coefficient (Wildman–Crippen LogP) is 2.04. The molecular formula is C12H12F3NO2. The van der Waals surface area contributed by atoms with Gasteiger partial charge in [-0.2, -0.15) is 13.2 Å². The van der Waals surface area contributed by atoms with Crippen molar-refractivity contribution in [1.82, 2.24) is 5.32 Å². The highest BCUT2D eigenvalue weighted by molar-refractivity contribution is 5.91. The number of halogens is 3. The molecule has 0 saturated heterocycles. The topological polar surface area (TPSA) is 46.2 Å². The molecule has 1 atom stereocenters. The van der Waals surface area contributed by atoms with Crippen molar-refractivity contribution in [2.24, 2.45) is 0 Å². The summed E-state index contributed by atoms with van der Waals surface area (Å²) in [6.07, 6.45) is -4.92. The van der Waals surface area contributed by atoms with Crippen molar-refractivity contribution < 1.29 is 22.8 Å². The second-order valence-corrected chi connectivity index (χ2v) is 3.76. The maximum atomic E-state index is 12.4. The first kappa shape index (κ1) is 14.2. The van der Waals surface area contributed by atoms with Crippen LogP contribution in [0.15, 0.2) is 30.3 Å². The number of ketones is 1. The molecule has 0 heterocycles. The molecule has 0 radical (unpaired) electrons. The summed E-state index contributed by atoms with van der Waals surface area (Å²) in [5, 5.41) is 2.24. The van der Waals surface area contributed by atoms with Crippen LogP contribution in [0.25, 0.3) is 0 Å². The van der Waals surface area contributed by atoms with Crippen LogP contribution in [-0.4, -0.2) is 24.4 Å². The third kappa shape index (κ3) is 3.87. The highest BCUT2D eigenvalue weighted by Crippen LogP contribution is 2.27. The fourth-order valence-corrected chi connectivity index (χ4v) is 1.49. The van der Waals surface area contributed by atoms with Gasteiger partial charge in [0.1, 0.15) is 0 Å². The Labute approximate surface area is 102 Å². The maximum Gasteiger partial charge on any atom is 0.450 e. The number of carbonyl (C=O) groups excluding carboxylic acids is 2. The minimum atomic E-state index is -4.92. The molecule has 1 unspecified atom stereocenters. The van der Waals surface area contributed by atoms with Crippen molar-refractivity contribution in [1.29, 1.82) is 0 Å². The van der Waals surface area contributed by atoms with E-state index in [1.54, 1.807) is 18.2 Å². The minimum absolute atomic E-state index is 0.230. The first-order chi connectivity index (χ1) is 8.32. The Morgan fingerprint density at radius 3 is 2.22 bits per heavy atom. The number of hydrogen-bond donors (Lipinski definition) is 1. The Hall–Kier alpha value is -1.85. The van der Waals surface area contributed by atoms with Crippen molar-refractivity contribution >= 4 is 11.7 Å². The summed E-state index contributed by atoms with van der Waals surface area (Å²) in [4.78, 5) is 22.0. The molecule has 0 bridgehead atoms. The third-order valence-electron chi connectivity index (χ3n) is 2.35. The molecule has 1 aromatic rings. The fourth-order valence-electron chi connectivity index (χ4n) is 1.49. The van der Waals surface area contributed by atoms with E-state index in [1.165, 1.54) is 19.1 Å². The van der Waals surface area contributed by atoms with E-state index in [4.69, 9.17) is 0 Å². The van der Waals surface area contributed by atoms with Gasteiger partial charge in [0.2, 0.25) is 11.7 Å². The molecule has 6 heteroatoms. The van der Waals surface area contributed by atoms with Gasteiger partial charge in [-0.3, -0.25) is 9.59 Å². The molecule has 3 nitrogen and oxygen atoms in total. The number of carbonyl (C=O) groups is 2. The number of hydrogen-bond acceptors (Lipinski definition) is 2. The monoisotopic (exact) mass is 259 g/mol. The van der Waals surface area contributed by atoms with Crippen LogP contribution in [0.5, 0.6) is 0 Å². The zero-order chi connectivity index (χ0) is 13.8. The summed E-state index contributed by atoms with van der Waals surface area (Å²) >= 11 is 0. The van der Waals surface area contributed by atoms with Gasteiger partial charge in [0, 0.05) is 13.5 Å². The van der Waals surface area contributed by atoms with Crippen LogP contribution in [0.3, 0.4) is 0 Å². The summed E-state index contributed by atoms with van der Waals surface area (Å²) < 4.78 is 37.3. The largest absolute Gasteiger partial charge is 0.450 e. The van der Waals surface area contributed by atoms with Gasteiger partial charge in [0.25, 0.3) is 0 Å². The van der Waals surface area contributed by atoms with Crippen LogP contribution in [-0.2, 0) is 9.59 Å². The predicted molar refractivity (Wildman–Crippen MR) is 58.9 cm³/mol.